The molecular weight excluding hydrogens is 359 g/mol. The number of nitrogens with zero attached hydrogens (tertiary/aromatic N) is 2. The summed E-state index contributed by atoms with van der Waals surface area (Å²) in [7, 11) is 0. The highest BCUT2D eigenvalue weighted by atomic mass is 19.1. The first-order valence-electron chi connectivity index (χ1n) is 8.90. The number of amides is 1. The molecule has 0 atom stereocenters. The van der Waals surface area contributed by atoms with E-state index in [0.717, 1.165) is 11.3 Å². The highest BCUT2D eigenvalue weighted by Gasteiger charge is 2.07. The summed E-state index contributed by atoms with van der Waals surface area (Å²) in [4.78, 5) is 20.2. The predicted molar refractivity (Wildman–Crippen MR) is 106 cm³/mol. The number of ether oxygens (including phenoxy) is 1. The van der Waals surface area contributed by atoms with Crippen molar-refractivity contribution in [2.75, 3.05) is 10.6 Å². The van der Waals surface area contributed by atoms with Gasteiger partial charge in [0, 0.05) is 30.4 Å². The van der Waals surface area contributed by atoms with Gasteiger partial charge in [-0.2, -0.15) is 4.98 Å². The van der Waals surface area contributed by atoms with Crippen molar-refractivity contribution < 1.29 is 13.9 Å². The second-order valence-corrected chi connectivity index (χ2v) is 6.47. The predicted octanol–water partition coefficient (Wildman–Crippen LogP) is 4.61. The quantitative estimate of drug-likeness (QED) is 0.626. The lowest BCUT2D eigenvalue weighted by Gasteiger charge is -2.10. The van der Waals surface area contributed by atoms with Crippen LogP contribution in [-0.4, -0.2) is 15.9 Å². The van der Waals surface area contributed by atoms with Gasteiger partial charge in [0.05, 0.1) is 0 Å². The van der Waals surface area contributed by atoms with Crippen LogP contribution >= 0.6 is 0 Å². The largest absolute Gasteiger partial charge is 0.439 e. The summed E-state index contributed by atoms with van der Waals surface area (Å²) in [6.07, 6.45) is 1.58. The Balaban J connectivity index is 1.57. The lowest BCUT2D eigenvalue weighted by molar-refractivity contribution is -0.118. The van der Waals surface area contributed by atoms with Gasteiger partial charge in [0.25, 0.3) is 0 Å². The summed E-state index contributed by atoms with van der Waals surface area (Å²) in [5, 5.41) is 5.98. The van der Waals surface area contributed by atoms with Gasteiger partial charge in [-0.1, -0.05) is 26.0 Å². The number of hydrogen-bond acceptors (Lipinski definition) is 5. The average Bonchev–Trinajstić information content (AvgIpc) is 2.69. The fraction of sp³-hybridized carbons (Fsp3) is 0.190. The third-order valence-corrected chi connectivity index (χ3v) is 3.86. The van der Waals surface area contributed by atoms with Crippen LogP contribution in [0.25, 0.3) is 0 Å². The number of benzene rings is 2. The third kappa shape index (κ3) is 5.51. The topological polar surface area (TPSA) is 76.1 Å². The zero-order valence-electron chi connectivity index (χ0n) is 15.6. The number of carbonyl (C=O) groups is 1. The molecule has 1 aromatic heterocycles. The molecule has 1 amide bonds. The monoisotopic (exact) mass is 380 g/mol. The van der Waals surface area contributed by atoms with Crippen molar-refractivity contribution in [3.63, 3.8) is 0 Å². The smallest absolute Gasteiger partial charge is 0.226 e. The van der Waals surface area contributed by atoms with Crippen LogP contribution in [0.15, 0.2) is 60.8 Å². The van der Waals surface area contributed by atoms with Crippen molar-refractivity contribution in [2.45, 2.75) is 20.4 Å². The van der Waals surface area contributed by atoms with E-state index in [0.29, 0.717) is 24.1 Å². The van der Waals surface area contributed by atoms with Gasteiger partial charge >= 0.3 is 0 Å². The van der Waals surface area contributed by atoms with Crippen molar-refractivity contribution in [3.8, 4) is 11.6 Å². The molecule has 0 aliphatic carbocycles. The van der Waals surface area contributed by atoms with Gasteiger partial charge in [0.1, 0.15) is 11.6 Å². The second kappa shape index (κ2) is 8.94. The molecule has 0 aliphatic heterocycles. The van der Waals surface area contributed by atoms with Gasteiger partial charge in [-0.15, -0.1) is 0 Å². The molecular formula is C21H21FN4O2. The molecule has 0 unspecified atom stereocenters. The molecule has 0 saturated heterocycles. The van der Waals surface area contributed by atoms with E-state index in [1.165, 1.54) is 24.3 Å². The van der Waals surface area contributed by atoms with Crippen LogP contribution in [0.5, 0.6) is 11.6 Å². The molecule has 2 N–H and O–H groups in total. The van der Waals surface area contributed by atoms with Crippen molar-refractivity contribution in [1.82, 2.24) is 9.97 Å². The number of aromatic nitrogens is 2. The first-order chi connectivity index (χ1) is 13.5. The van der Waals surface area contributed by atoms with Gasteiger partial charge in [-0.25, -0.2) is 9.37 Å². The Bertz CT molecular complexity index is 928. The molecule has 0 fully saturated rings. The maximum atomic E-state index is 13.0. The van der Waals surface area contributed by atoms with E-state index < -0.39 is 0 Å². The molecule has 1 heterocycles. The fourth-order valence-electron chi connectivity index (χ4n) is 2.28. The minimum atomic E-state index is -0.327. The standard InChI is InChI=1S/C21H21FN4O2/c1-14(2)20(27)25-17-7-3-15(4-8-17)13-24-21-23-12-11-19(26-21)28-18-9-5-16(22)6-10-18/h3-12,14H,13H2,1-2H3,(H,25,27)(H,23,24,26). The molecule has 0 radical (unpaired) electrons. The Morgan fingerprint density at radius 3 is 2.46 bits per heavy atom. The highest BCUT2D eigenvalue weighted by molar-refractivity contribution is 5.92. The molecule has 0 aliphatic rings. The van der Waals surface area contributed by atoms with E-state index in [4.69, 9.17) is 4.74 Å². The zero-order valence-corrected chi connectivity index (χ0v) is 15.6. The minimum absolute atomic E-state index is 0.0164. The number of halogens is 1. The number of carbonyl (C=O) groups excluding carboxylic acids is 1. The second-order valence-electron chi connectivity index (χ2n) is 6.47. The lowest BCUT2D eigenvalue weighted by atomic mass is 10.1. The molecule has 6 nitrogen and oxygen atoms in total. The normalized spacial score (nSPS) is 10.6. The van der Waals surface area contributed by atoms with Crippen LogP contribution in [0, 0.1) is 11.7 Å². The molecule has 0 bridgehead atoms. The van der Waals surface area contributed by atoms with Crippen LogP contribution in [0.1, 0.15) is 19.4 Å². The van der Waals surface area contributed by atoms with Crippen molar-refractivity contribution in [3.05, 3.63) is 72.2 Å². The lowest BCUT2D eigenvalue weighted by Crippen LogP contribution is -2.17. The summed E-state index contributed by atoms with van der Waals surface area (Å²) in [6.45, 7) is 4.21. The van der Waals surface area contributed by atoms with E-state index in [9.17, 15) is 9.18 Å². The Morgan fingerprint density at radius 1 is 1.07 bits per heavy atom. The van der Waals surface area contributed by atoms with Crippen LogP contribution < -0.4 is 15.4 Å². The van der Waals surface area contributed by atoms with E-state index >= 15 is 0 Å². The molecule has 28 heavy (non-hydrogen) atoms. The van der Waals surface area contributed by atoms with E-state index in [-0.39, 0.29) is 17.6 Å². The van der Waals surface area contributed by atoms with E-state index in [1.807, 2.05) is 38.1 Å². The Morgan fingerprint density at radius 2 is 1.79 bits per heavy atom. The zero-order chi connectivity index (χ0) is 19.9. The van der Waals surface area contributed by atoms with E-state index in [2.05, 4.69) is 20.6 Å². The number of rotatable bonds is 7. The molecule has 2 aromatic carbocycles. The first-order valence-corrected chi connectivity index (χ1v) is 8.90. The van der Waals surface area contributed by atoms with Crippen LogP contribution in [0.4, 0.5) is 16.0 Å². The van der Waals surface area contributed by atoms with E-state index in [1.54, 1.807) is 12.3 Å². The molecule has 7 heteroatoms. The summed E-state index contributed by atoms with van der Waals surface area (Å²) in [6, 6.07) is 14.9. The molecule has 0 saturated carbocycles. The summed E-state index contributed by atoms with van der Waals surface area (Å²) < 4.78 is 18.6. The van der Waals surface area contributed by atoms with Crippen molar-refractivity contribution in [2.24, 2.45) is 5.92 Å². The van der Waals surface area contributed by atoms with Crippen LogP contribution in [0.3, 0.4) is 0 Å². The van der Waals surface area contributed by atoms with Crippen LogP contribution in [0.2, 0.25) is 0 Å². The highest BCUT2D eigenvalue weighted by Crippen LogP contribution is 2.20. The van der Waals surface area contributed by atoms with Crippen molar-refractivity contribution in [1.29, 1.82) is 0 Å². The van der Waals surface area contributed by atoms with Gasteiger partial charge in [0.2, 0.25) is 17.7 Å². The maximum Gasteiger partial charge on any atom is 0.226 e. The summed E-state index contributed by atoms with van der Waals surface area (Å²) >= 11 is 0. The van der Waals surface area contributed by atoms with Gasteiger partial charge in [-0.3, -0.25) is 4.79 Å². The number of hydrogen-bond donors (Lipinski definition) is 2. The summed E-state index contributed by atoms with van der Waals surface area (Å²) in [5.74, 6) is 0.852. The van der Waals surface area contributed by atoms with Crippen LogP contribution in [-0.2, 0) is 11.3 Å². The minimum Gasteiger partial charge on any atom is -0.439 e. The molecule has 0 spiro atoms. The first kappa shape index (κ1) is 19.3. The molecule has 144 valence electrons. The Hall–Kier alpha value is -3.48. The summed E-state index contributed by atoms with van der Waals surface area (Å²) in [5.41, 5.74) is 1.77. The Kier molecular flexibility index (Phi) is 6.16. The van der Waals surface area contributed by atoms with Gasteiger partial charge in [0.15, 0.2) is 0 Å². The van der Waals surface area contributed by atoms with Crippen molar-refractivity contribution >= 4 is 17.5 Å². The maximum absolute atomic E-state index is 13.0. The fourth-order valence-corrected chi connectivity index (χ4v) is 2.28. The average molecular weight is 380 g/mol. The molecule has 3 rings (SSSR count). The SMILES string of the molecule is CC(C)C(=O)Nc1ccc(CNc2nccc(Oc3ccc(F)cc3)n2)cc1. The third-order valence-electron chi connectivity index (χ3n) is 3.86. The Labute approximate surface area is 162 Å². The molecule has 3 aromatic rings. The van der Waals surface area contributed by atoms with Gasteiger partial charge in [-0.05, 0) is 42.0 Å². The number of nitrogens with one attached hydrogen (secondary N) is 2. The number of anilines is 2. The van der Waals surface area contributed by atoms with Gasteiger partial charge < -0.3 is 15.4 Å².